The molecule has 96 valence electrons. The van der Waals surface area contributed by atoms with Gasteiger partial charge in [0.15, 0.2) is 0 Å². The highest BCUT2D eigenvalue weighted by molar-refractivity contribution is 6.00. The van der Waals surface area contributed by atoms with Crippen LogP contribution in [0.4, 0.5) is 16.2 Å². The fraction of sp³-hybridized carbons (Fsp3) is 0.188. The third-order valence-electron chi connectivity index (χ3n) is 3.26. The Kier molecular flexibility index (Phi) is 3.19. The summed E-state index contributed by atoms with van der Waals surface area (Å²) in [6.07, 6.45) is 2.44. The standard InChI is InChI=1S/C16H16N2O/c19-16(17-13-6-2-1-3-7-13)18-15-9-5-4-8-14(15)12-10-11-12/h1-9,12H,10-11H2,(H2,17,18,19). The zero-order valence-electron chi connectivity index (χ0n) is 10.6. The zero-order valence-corrected chi connectivity index (χ0v) is 10.6. The fourth-order valence-corrected chi connectivity index (χ4v) is 2.17. The first kappa shape index (κ1) is 11.8. The van der Waals surface area contributed by atoms with Crippen LogP contribution in [0.5, 0.6) is 0 Å². The van der Waals surface area contributed by atoms with E-state index in [2.05, 4.69) is 16.7 Å². The van der Waals surface area contributed by atoms with Crippen molar-refractivity contribution in [2.75, 3.05) is 10.6 Å². The SMILES string of the molecule is O=C(Nc1ccccc1)Nc1ccccc1C1CC1. The minimum absolute atomic E-state index is 0.195. The molecular weight excluding hydrogens is 236 g/mol. The van der Waals surface area contributed by atoms with Crippen molar-refractivity contribution in [3.8, 4) is 0 Å². The molecule has 1 saturated carbocycles. The molecule has 0 spiro atoms. The molecule has 0 aromatic heterocycles. The molecule has 3 nitrogen and oxygen atoms in total. The van der Waals surface area contributed by atoms with Crippen LogP contribution in [0, 0.1) is 0 Å². The Labute approximate surface area is 112 Å². The number of hydrogen-bond donors (Lipinski definition) is 2. The molecule has 0 radical (unpaired) electrons. The summed E-state index contributed by atoms with van der Waals surface area (Å²) in [6.45, 7) is 0. The second-order valence-corrected chi connectivity index (χ2v) is 4.81. The van der Waals surface area contributed by atoms with Gasteiger partial charge in [-0.2, -0.15) is 0 Å². The lowest BCUT2D eigenvalue weighted by molar-refractivity contribution is 0.262. The van der Waals surface area contributed by atoms with Crippen LogP contribution >= 0.6 is 0 Å². The maximum atomic E-state index is 12.0. The molecule has 3 heteroatoms. The van der Waals surface area contributed by atoms with E-state index in [0.717, 1.165) is 11.4 Å². The van der Waals surface area contributed by atoms with Crippen molar-refractivity contribution < 1.29 is 4.79 Å². The van der Waals surface area contributed by atoms with E-state index in [4.69, 9.17) is 0 Å². The summed E-state index contributed by atoms with van der Waals surface area (Å²) in [6, 6.07) is 17.3. The van der Waals surface area contributed by atoms with Crippen LogP contribution in [-0.2, 0) is 0 Å². The summed E-state index contributed by atoms with van der Waals surface area (Å²) < 4.78 is 0. The van der Waals surface area contributed by atoms with Gasteiger partial charge in [-0.1, -0.05) is 36.4 Å². The smallest absolute Gasteiger partial charge is 0.308 e. The van der Waals surface area contributed by atoms with Crippen molar-refractivity contribution in [3.63, 3.8) is 0 Å². The molecule has 0 unspecified atom stereocenters. The Balaban J connectivity index is 1.69. The summed E-state index contributed by atoms with van der Waals surface area (Å²) >= 11 is 0. The van der Waals surface area contributed by atoms with E-state index < -0.39 is 0 Å². The maximum Gasteiger partial charge on any atom is 0.323 e. The molecule has 19 heavy (non-hydrogen) atoms. The highest BCUT2D eigenvalue weighted by Gasteiger charge is 2.26. The molecule has 0 aliphatic heterocycles. The lowest BCUT2D eigenvalue weighted by Crippen LogP contribution is -2.20. The van der Waals surface area contributed by atoms with Gasteiger partial charge in [0.2, 0.25) is 0 Å². The largest absolute Gasteiger partial charge is 0.323 e. The van der Waals surface area contributed by atoms with Crippen molar-refractivity contribution in [1.29, 1.82) is 0 Å². The van der Waals surface area contributed by atoms with E-state index >= 15 is 0 Å². The van der Waals surface area contributed by atoms with Gasteiger partial charge in [0.1, 0.15) is 0 Å². The minimum Gasteiger partial charge on any atom is -0.308 e. The normalized spacial score (nSPS) is 13.9. The van der Waals surface area contributed by atoms with Crippen molar-refractivity contribution in [1.82, 2.24) is 0 Å². The second-order valence-electron chi connectivity index (χ2n) is 4.81. The summed E-state index contributed by atoms with van der Waals surface area (Å²) in [4.78, 5) is 12.0. The third-order valence-corrected chi connectivity index (χ3v) is 3.26. The molecule has 1 aliphatic rings. The average Bonchev–Trinajstić information content (AvgIpc) is 3.25. The molecule has 2 aromatic carbocycles. The average molecular weight is 252 g/mol. The molecule has 0 atom stereocenters. The number of rotatable bonds is 3. The molecule has 3 rings (SSSR count). The fourth-order valence-electron chi connectivity index (χ4n) is 2.17. The molecular formula is C16H16N2O. The van der Waals surface area contributed by atoms with Gasteiger partial charge in [0.25, 0.3) is 0 Å². The molecule has 1 fully saturated rings. The Hall–Kier alpha value is -2.29. The number of carbonyl (C=O) groups is 1. The van der Waals surface area contributed by atoms with Crippen molar-refractivity contribution in [3.05, 3.63) is 60.2 Å². The monoisotopic (exact) mass is 252 g/mol. The van der Waals surface area contributed by atoms with E-state index in [1.165, 1.54) is 18.4 Å². The predicted octanol–water partition coefficient (Wildman–Crippen LogP) is 4.21. The highest BCUT2D eigenvalue weighted by atomic mass is 16.2. The molecule has 2 N–H and O–H groups in total. The first-order chi connectivity index (χ1) is 9.33. The highest BCUT2D eigenvalue weighted by Crippen LogP contribution is 2.43. The van der Waals surface area contributed by atoms with Crippen molar-refractivity contribution >= 4 is 17.4 Å². The van der Waals surface area contributed by atoms with E-state index in [1.807, 2.05) is 48.5 Å². The van der Waals surface area contributed by atoms with Gasteiger partial charge in [-0.05, 0) is 42.5 Å². The number of urea groups is 1. The van der Waals surface area contributed by atoms with Gasteiger partial charge in [-0.15, -0.1) is 0 Å². The zero-order chi connectivity index (χ0) is 13.1. The first-order valence-corrected chi connectivity index (χ1v) is 6.55. The summed E-state index contributed by atoms with van der Waals surface area (Å²) in [5.41, 5.74) is 2.95. The Morgan fingerprint density at radius 3 is 2.32 bits per heavy atom. The lowest BCUT2D eigenvalue weighted by Gasteiger charge is -2.11. The number of carbonyl (C=O) groups excluding carboxylic acids is 1. The second kappa shape index (κ2) is 5.14. The Morgan fingerprint density at radius 2 is 1.58 bits per heavy atom. The van der Waals surface area contributed by atoms with Crippen LogP contribution in [0.2, 0.25) is 0 Å². The van der Waals surface area contributed by atoms with Crippen LogP contribution in [-0.4, -0.2) is 6.03 Å². The number of benzene rings is 2. The van der Waals surface area contributed by atoms with Gasteiger partial charge >= 0.3 is 6.03 Å². The lowest BCUT2D eigenvalue weighted by atomic mass is 10.1. The van der Waals surface area contributed by atoms with E-state index in [9.17, 15) is 4.79 Å². The number of para-hydroxylation sites is 2. The molecule has 0 saturated heterocycles. The summed E-state index contributed by atoms with van der Waals surface area (Å²) in [5, 5.41) is 5.76. The third kappa shape index (κ3) is 2.94. The summed E-state index contributed by atoms with van der Waals surface area (Å²) in [7, 11) is 0. The molecule has 0 heterocycles. The molecule has 2 aromatic rings. The maximum absolute atomic E-state index is 12.0. The van der Waals surface area contributed by atoms with Gasteiger partial charge in [0, 0.05) is 11.4 Å². The number of hydrogen-bond acceptors (Lipinski definition) is 1. The number of anilines is 2. The van der Waals surface area contributed by atoms with Crippen LogP contribution < -0.4 is 10.6 Å². The molecule has 0 bridgehead atoms. The number of amides is 2. The first-order valence-electron chi connectivity index (χ1n) is 6.55. The van der Waals surface area contributed by atoms with Gasteiger partial charge in [-0.3, -0.25) is 0 Å². The van der Waals surface area contributed by atoms with Crippen LogP contribution in [0.25, 0.3) is 0 Å². The predicted molar refractivity (Wildman–Crippen MR) is 77.5 cm³/mol. The van der Waals surface area contributed by atoms with Crippen LogP contribution in [0.3, 0.4) is 0 Å². The van der Waals surface area contributed by atoms with Crippen LogP contribution in [0.1, 0.15) is 24.3 Å². The summed E-state index contributed by atoms with van der Waals surface area (Å²) in [5.74, 6) is 0.619. The van der Waals surface area contributed by atoms with Crippen molar-refractivity contribution in [2.45, 2.75) is 18.8 Å². The Bertz CT molecular complexity index is 576. The van der Waals surface area contributed by atoms with Crippen LogP contribution in [0.15, 0.2) is 54.6 Å². The Morgan fingerprint density at radius 1 is 0.895 bits per heavy atom. The molecule has 1 aliphatic carbocycles. The van der Waals surface area contributed by atoms with Gasteiger partial charge in [0.05, 0.1) is 0 Å². The van der Waals surface area contributed by atoms with E-state index in [-0.39, 0.29) is 6.03 Å². The van der Waals surface area contributed by atoms with Gasteiger partial charge in [-0.25, -0.2) is 4.79 Å². The van der Waals surface area contributed by atoms with Gasteiger partial charge < -0.3 is 10.6 Å². The number of nitrogens with one attached hydrogen (secondary N) is 2. The van der Waals surface area contributed by atoms with Crippen molar-refractivity contribution in [2.24, 2.45) is 0 Å². The quantitative estimate of drug-likeness (QED) is 0.844. The van der Waals surface area contributed by atoms with E-state index in [0.29, 0.717) is 5.92 Å². The van der Waals surface area contributed by atoms with E-state index in [1.54, 1.807) is 0 Å². The molecule has 2 amide bonds. The minimum atomic E-state index is -0.195. The topological polar surface area (TPSA) is 41.1 Å².